The monoisotopic (exact) mass is 576 g/mol. The molecular formula is C42H24OS. The van der Waals surface area contributed by atoms with E-state index in [-0.39, 0.29) is 0 Å². The fraction of sp³-hybridized carbons (Fsp3) is 0. The maximum absolute atomic E-state index is 6.52. The number of ether oxygens (including phenoxy) is 1. The van der Waals surface area contributed by atoms with E-state index in [1.165, 1.54) is 80.3 Å². The van der Waals surface area contributed by atoms with Crippen molar-refractivity contribution in [3.05, 3.63) is 146 Å². The standard InChI is InChI=1S/C42H24OS/c1-2-8-31-29(7-1)24-39-41-34(31)11-6-12-35(41)37-23-28(19-20-38(37)43-39)26-15-16-27-22-30(18-17-25(27)21-26)32-10-5-13-36-33-9-3-4-14-40(33)44-42(32)36/h1-24H. The van der Waals surface area contributed by atoms with Crippen LogP contribution in [-0.2, 0) is 0 Å². The van der Waals surface area contributed by atoms with Gasteiger partial charge >= 0.3 is 0 Å². The first kappa shape index (κ1) is 24.0. The van der Waals surface area contributed by atoms with Crippen LogP contribution in [0.5, 0.6) is 11.5 Å². The van der Waals surface area contributed by atoms with Crippen LogP contribution in [0.4, 0.5) is 0 Å². The highest BCUT2D eigenvalue weighted by Gasteiger charge is 2.22. The Morgan fingerprint density at radius 1 is 0.386 bits per heavy atom. The maximum atomic E-state index is 6.52. The normalized spacial score (nSPS) is 12.3. The average molecular weight is 577 g/mol. The summed E-state index contributed by atoms with van der Waals surface area (Å²) in [7, 11) is 0. The van der Waals surface area contributed by atoms with Crippen molar-refractivity contribution >= 4 is 63.8 Å². The first-order chi connectivity index (χ1) is 21.8. The molecule has 0 radical (unpaired) electrons. The van der Waals surface area contributed by atoms with Crippen molar-refractivity contribution in [2.75, 3.05) is 0 Å². The number of benzene rings is 8. The molecule has 0 saturated carbocycles. The number of hydrogen-bond donors (Lipinski definition) is 0. The summed E-state index contributed by atoms with van der Waals surface area (Å²) in [6, 6.07) is 53.0. The Labute approximate surface area is 258 Å². The van der Waals surface area contributed by atoms with Gasteiger partial charge in [-0.25, -0.2) is 0 Å². The van der Waals surface area contributed by atoms with Gasteiger partial charge in [0, 0.05) is 31.1 Å². The van der Waals surface area contributed by atoms with Gasteiger partial charge in [0.1, 0.15) is 11.5 Å². The lowest BCUT2D eigenvalue weighted by molar-refractivity contribution is 0.488. The molecule has 0 fully saturated rings. The molecule has 2 heteroatoms. The molecule has 1 aliphatic rings. The maximum Gasteiger partial charge on any atom is 0.136 e. The molecule has 1 aromatic heterocycles. The van der Waals surface area contributed by atoms with E-state index in [9.17, 15) is 0 Å². The van der Waals surface area contributed by atoms with Crippen molar-refractivity contribution in [1.29, 1.82) is 0 Å². The third-order valence-corrected chi connectivity index (χ3v) is 10.4. The van der Waals surface area contributed by atoms with Crippen LogP contribution in [0.25, 0.3) is 85.9 Å². The topological polar surface area (TPSA) is 9.23 Å². The SMILES string of the molecule is c1ccc2c(c1)cc1c3c(cccc32)-c2cc(-c3ccc4cc(-c5cccc6c5sc5ccccc56)ccc4c3)ccc2O1. The minimum absolute atomic E-state index is 0.907. The van der Waals surface area contributed by atoms with E-state index < -0.39 is 0 Å². The molecule has 0 saturated heterocycles. The first-order valence-electron chi connectivity index (χ1n) is 15.0. The van der Waals surface area contributed by atoms with Crippen molar-refractivity contribution < 1.29 is 4.74 Å². The van der Waals surface area contributed by atoms with Gasteiger partial charge < -0.3 is 4.74 Å². The van der Waals surface area contributed by atoms with Gasteiger partial charge in [-0.3, -0.25) is 0 Å². The highest BCUT2D eigenvalue weighted by molar-refractivity contribution is 7.26. The zero-order valence-corrected chi connectivity index (χ0v) is 24.5. The molecule has 9 aromatic rings. The lowest BCUT2D eigenvalue weighted by Crippen LogP contribution is -1.98. The lowest BCUT2D eigenvalue weighted by Gasteiger charge is -2.23. The summed E-state index contributed by atoms with van der Waals surface area (Å²) >= 11 is 1.88. The molecule has 1 aliphatic heterocycles. The van der Waals surface area contributed by atoms with Crippen LogP contribution in [-0.4, -0.2) is 0 Å². The number of hydrogen-bond acceptors (Lipinski definition) is 2. The van der Waals surface area contributed by atoms with E-state index in [2.05, 4.69) is 146 Å². The van der Waals surface area contributed by atoms with Crippen molar-refractivity contribution in [2.24, 2.45) is 0 Å². The Hall–Kier alpha value is -5.44. The summed E-state index contributed by atoms with van der Waals surface area (Å²) in [5.41, 5.74) is 7.32. The van der Waals surface area contributed by atoms with E-state index in [1.807, 2.05) is 11.3 Å². The predicted molar refractivity (Wildman–Crippen MR) is 188 cm³/mol. The van der Waals surface area contributed by atoms with E-state index in [1.54, 1.807) is 0 Å². The third-order valence-electron chi connectivity index (χ3n) is 9.23. The van der Waals surface area contributed by atoms with Crippen molar-refractivity contribution in [1.82, 2.24) is 0 Å². The molecule has 0 amide bonds. The van der Waals surface area contributed by atoms with E-state index in [0.717, 1.165) is 17.1 Å². The molecule has 2 heterocycles. The molecule has 8 aromatic carbocycles. The van der Waals surface area contributed by atoms with Crippen molar-refractivity contribution in [3.8, 4) is 44.9 Å². The average Bonchev–Trinajstić information content (AvgIpc) is 3.47. The second-order valence-electron chi connectivity index (χ2n) is 11.7. The number of fused-ring (bicyclic) bond motifs is 8. The van der Waals surface area contributed by atoms with Crippen molar-refractivity contribution in [3.63, 3.8) is 0 Å². The van der Waals surface area contributed by atoms with Gasteiger partial charge in [0.15, 0.2) is 0 Å². The molecule has 0 unspecified atom stereocenters. The molecular weight excluding hydrogens is 553 g/mol. The van der Waals surface area contributed by atoms with Gasteiger partial charge in [0.2, 0.25) is 0 Å². The molecule has 0 aliphatic carbocycles. The molecule has 1 nitrogen and oxygen atoms in total. The summed E-state index contributed by atoms with van der Waals surface area (Å²) in [6.07, 6.45) is 0. The van der Waals surface area contributed by atoms with Crippen LogP contribution in [0.1, 0.15) is 0 Å². The minimum Gasteiger partial charge on any atom is -0.456 e. The Kier molecular flexibility index (Phi) is 4.94. The predicted octanol–water partition coefficient (Wildman–Crippen LogP) is 12.6. The van der Waals surface area contributed by atoms with Gasteiger partial charge in [0.05, 0.1) is 0 Å². The fourth-order valence-electron chi connectivity index (χ4n) is 7.12. The zero-order valence-electron chi connectivity index (χ0n) is 23.7. The second kappa shape index (κ2) is 9.03. The zero-order chi connectivity index (χ0) is 28.8. The van der Waals surface area contributed by atoms with E-state index in [4.69, 9.17) is 4.74 Å². The van der Waals surface area contributed by atoms with Gasteiger partial charge in [0.25, 0.3) is 0 Å². The van der Waals surface area contributed by atoms with Crippen LogP contribution in [0.2, 0.25) is 0 Å². The highest BCUT2D eigenvalue weighted by atomic mass is 32.1. The second-order valence-corrected chi connectivity index (χ2v) is 12.7. The van der Waals surface area contributed by atoms with Crippen molar-refractivity contribution in [2.45, 2.75) is 0 Å². The number of thiophene rings is 1. The van der Waals surface area contributed by atoms with E-state index >= 15 is 0 Å². The van der Waals surface area contributed by atoms with Gasteiger partial charge in [-0.15, -0.1) is 11.3 Å². The van der Waals surface area contributed by atoms with Crippen LogP contribution < -0.4 is 4.74 Å². The minimum atomic E-state index is 0.907. The highest BCUT2D eigenvalue weighted by Crippen LogP contribution is 2.49. The molecule has 204 valence electrons. The molecule has 44 heavy (non-hydrogen) atoms. The molecule has 0 N–H and O–H groups in total. The smallest absolute Gasteiger partial charge is 0.136 e. The lowest BCUT2D eigenvalue weighted by atomic mass is 9.90. The largest absolute Gasteiger partial charge is 0.456 e. The van der Waals surface area contributed by atoms with Crippen LogP contribution >= 0.6 is 11.3 Å². The molecule has 0 spiro atoms. The van der Waals surface area contributed by atoms with E-state index in [0.29, 0.717) is 0 Å². The Morgan fingerprint density at radius 2 is 1.07 bits per heavy atom. The molecule has 10 rings (SSSR count). The summed E-state index contributed by atoms with van der Waals surface area (Å²) in [5.74, 6) is 1.84. The van der Waals surface area contributed by atoms with Gasteiger partial charge in [-0.2, -0.15) is 0 Å². The van der Waals surface area contributed by atoms with Crippen LogP contribution in [0.15, 0.2) is 146 Å². The summed E-state index contributed by atoms with van der Waals surface area (Å²) in [4.78, 5) is 0. The Bertz CT molecular complexity index is 2640. The third kappa shape index (κ3) is 3.46. The molecule has 0 atom stereocenters. The van der Waals surface area contributed by atoms with Gasteiger partial charge in [-0.1, -0.05) is 109 Å². The quantitative estimate of drug-likeness (QED) is 0.186. The van der Waals surface area contributed by atoms with Gasteiger partial charge in [-0.05, 0) is 91.1 Å². The number of rotatable bonds is 2. The summed E-state index contributed by atoms with van der Waals surface area (Å²) < 4.78 is 9.21. The Balaban J connectivity index is 1.07. The summed E-state index contributed by atoms with van der Waals surface area (Å²) in [5, 5.41) is 10.0. The van der Waals surface area contributed by atoms with Crippen LogP contribution in [0.3, 0.4) is 0 Å². The van der Waals surface area contributed by atoms with Crippen LogP contribution in [0, 0.1) is 0 Å². The molecule has 0 bridgehead atoms. The first-order valence-corrected chi connectivity index (χ1v) is 15.8. The Morgan fingerprint density at radius 3 is 1.98 bits per heavy atom. The summed E-state index contributed by atoms with van der Waals surface area (Å²) in [6.45, 7) is 0. The fourth-order valence-corrected chi connectivity index (χ4v) is 8.36.